The molecule has 1 aliphatic rings. The van der Waals surface area contributed by atoms with Crippen molar-refractivity contribution in [1.82, 2.24) is 5.32 Å². The Morgan fingerprint density at radius 3 is 2.46 bits per heavy atom. The molecular formula is C15H18N4O5. The molecule has 1 heterocycles. The number of hydrogen-bond donors (Lipinski definition) is 3. The summed E-state index contributed by atoms with van der Waals surface area (Å²) in [6.45, 7) is 2.13. The molecule has 0 bridgehead atoms. The van der Waals surface area contributed by atoms with E-state index in [1.54, 1.807) is 29.2 Å². The lowest BCUT2D eigenvalue weighted by molar-refractivity contribution is -0.132. The largest absolute Gasteiger partial charge is 0.370 e. The highest BCUT2D eigenvalue weighted by atomic mass is 16.5. The van der Waals surface area contributed by atoms with Gasteiger partial charge in [0.1, 0.15) is 6.61 Å². The molecule has 24 heavy (non-hydrogen) atoms. The number of ether oxygens (including phenoxy) is 1. The van der Waals surface area contributed by atoms with Gasteiger partial charge in [-0.25, -0.2) is 0 Å². The van der Waals surface area contributed by atoms with Crippen LogP contribution in [-0.2, 0) is 23.9 Å². The Kier molecular flexibility index (Phi) is 5.48. The summed E-state index contributed by atoms with van der Waals surface area (Å²) in [5.41, 5.74) is 6.19. The molecule has 0 aliphatic carbocycles. The average molecular weight is 334 g/mol. The fourth-order valence-corrected chi connectivity index (χ4v) is 2.20. The molecule has 9 heteroatoms. The third-order valence-electron chi connectivity index (χ3n) is 3.33. The number of morpholine rings is 1. The van der Waals surface area contributed by atoms with Crippen LogP contribution in [-0.4, -0.2) is 49.4 Å². The molecule has 1 fully saturated rings. The van der Waals surface area contributed by atoms with E-state index in [1.807, 2.05) is 0 Å². The zero-order valence-corrected chi connectivity index (χ0v) is 13.1. The lowest BCUT2D eigenvalue weighted by Gasteiger charge is -2.27. The summed E-state index contributed by atoms with van der Waals surface area (Å²) in [6, 6.07) is 5.04. The molecule has 0 spiro atoms. The Balaban J connectivity index is 2.05. The van der Waals surface area contributed by atoms with Gasteiger partial charge in [-0.2, -0.15) is 0 Å². The van der Waals surface area contributed by atoms with E-state index in [4.69, 9.17) is 10.5 Å². The summed E-state index contributed by atoms with van der Waals surface area (Å²) in [4.78, 5) is 47.6. The van der Waals surface area contributed by atoms with Crippen molar-refractivity contribution in [2.45, 2.75) is 13.0 Å². The molecule has 0 saturated carbocycles. The summed E-state index contributed by atoms with van der Waals surface area (Å²) in [6.07, 6.45) is 0. The molecule has 128 valence electrons. The second-order valence-corrected chi connectivity index (χ2v) is 5.17. The first kappa shape index (κ1) is 17.4. The van der Waals surface area contributed by atoms with Crippen molar-refractivity contribution in [3.05, 3.63) is 24.3 Å². The van der Waals surface area contributed by atoms with Crippen LogP contribution < -0.4 is 21.3 Å². The number of benzene rings is 1. The Morgan fingerprint density at radius 1 is 1.25 bits per heavy atom. The van der Waals surface area contributed by atoms with Crippen LogP contribution in [0.2, 0.25) is 0 Å². The van der Waals surface area contributed by atoms with Gasteiger partial charge >= 0.3 is 0 Å². The maximum Gasteiger partial charge on any atom is 0.256 e. The number of carbonyl (C=O) groups excluding carboxylic acids is 4. The highest BCUT2D eigenvalue weighted by Gasteiger charge is 2.25. The average Bonchev–Trinajstić information content (AvgIpc) is 2.53. The maximum atomic E-state index is 12.0. The van der Waals surface area contributed by atoms with Crippen molar-refractivity contribution in [2.24, 2.45) is 5.73 Å². The molecule has 1 aromatic carbocycles. The van der Waals surface area contributed by atoms with E-state index in [0.29, 0.717) is 24.5 Å². The Labute approximate surface area is 138 Å². The van der Waals surface area contributed by atoms with Crippen LogP contribution in [0.5, 0.6) is 0 Å². The molecular weight excluding hydrogens is 316 g/mol. The van der Waals surface area contributed by atoms with E-state index in [0.717, 1.165) is 0 Å². The van der Waals surface area contributed by atoms with Gasteiger partial charge in [-0.05, 0) is 24.3 Å². The van der Waals surface area contributed by atoms with Crippen LogP contribution in [0.3, 0.4) is 0 Å². The fourth-order valence-electron chi connectivity index (χ4n) is 2.20. The van der Waals surface area contributed by atoms with E-state index in [2.05, 4.69) is 10.6 Å². The van der Waals surface area contributed by atoms with Crippen molar-refractivity contribution in [2.75, 3.05) is 30.0 Å². The van der Waals surface area contributed by atoms with Gasteiger partial charge in [0.2, 0.25) is 11.8 Å². The van der Waals surface area contributed by atoms with Crippen molar-refractivity contribution in [3.63, 3.8) is 0 Å². The SMILES string of the molecule is CC(=O)N[C@H](C(N)=O)C(=O)Nc1ccc(N2CCOCC2=O)cc1. The molecule has 1 saturated heterocycles. The van der Waals surface area contributed by atoms with Gasteiger partial charge in [0.05, 0.1) is 6.61 Å². The number of anilines is 2. The Hall–Kier alpha value is -2.94. The predicted molar refractivity (Wildman–Crippen MR) is 85.0 cm³/mol. The number of primary amides is 1. The van der Waals surface area contributed by atoms with E-state index in [-0.39, 0.29) is 12.5 Å². The third-order valence-corrected chi connectivity index (χ3v) is 3.33. The summed E-state index contributed by atoms with van der Waals surface area (Å²) in [7, 11) is 0. The van der Waals surface area contributed by atoms with Crippen molar-refractivity contribution in [1.29, 1.82) is 0 Å². The molecule has 0 aromatic heterocycles. The molecule has 0 unspecified atom stereocenters. The summed E-state index contributed by atoms with van der Waals surface area (Å²) >= 11 is 0. The molecule has 0 radical (unpaired) electrons. The third kappa shape index (κ3) is 4.29. The minimum Gasteiger partial charge on any atom is -0.370 e. The smallest absolute Gasteiger partial charge is 0.256 e. The topological polar surface area (TPSA) is 131 Å². The second kappa shape index (κ2) is 7.55. The van der Waals surface area contributed by atoms with Gasteiger partial charge in [0.25, 0.3) is 11.8 Å². The van der Waals surface area contributed by atoms with Crippen LogP contribution in [0.4, 0.5) is 11.4 Å². The second-order valence-electron chi connectivity index (χ2n) is 5.17. The molecule has 1 aliphatic heterocycles. The number of hydrogen-bond acceptors (Lipinski definition) is 5. The summed E-state index contributed by atoms with van der Waals surface area (Å²) in [5.74, 6) is -2.39. The van der Waals surface area contributed by atoms with Gasteiger partial charge in [0.15, 0.2) is 6.04 Å². The molecule has 4 amide bonds. The zero-order chi connectivity index (χ0) is 17.7. The van der Waals surface area contributed by atoms with Crippen molar-refractivity contribution >= 4 is 35.0 Å². The van der Waals surface area contributed by atoms with Crippen LogP contribution in [0, 0.1) is 0 Å². The highest BCUT2D eigenvalue weighted by molar-refractivity contribution is 6.11. The minimum absolute atomic E-state index is 0.0372. The first-order valence-corrected chi connectivity index (χ1v) is 7.24. The van der Waals surface area contributed by atoms with Crippen molar-refractivity contribution in [3.8, 4) is 0 Å². The zero-order valence-electron chi connectivity index (χ0n) is 13.1. The van der Waals surface area contributed by atoms with Crippen LogP contribution in [0.25, 0.3) is 0 Å². The number of nitrogens with zero attached hydrogens (tertiary/aromatic N) is 1. The summed E-state index contributed by atoms with van der Waals surface area (Å²) in [5, 5.41) is 4.66. The number of nitrogens with one attached hydrogen (secondary N) is 2. The van der Waals surface area contributed by atoms with Crippen LogP contribution >= 0.6 is 0 Å². The van der Waals surface area contributed by atoms with E-state index in [1.165, 1.54) is 6.92 Å². The lowest BCUT2D eigenvalue weighted by Crippen LogP contribution is -2.51. The van der Waals surface area contributed by atoms with E-state index in [9.17, 15) is 19.2 Å². The van der Waals surface area contributed by atoms with E-state index >= 15 is 0 Å². The van der Waals surface area contributed by atoms with Crippen molar-refractivity contribution < 1.29 is 23.9 Å². The van der Waals surface area contributed by atoms with Crippen LogP contribution in [0.1, 0.15) is 6.92 Å². The first-order valence-electron chi connectivity index (χ1n) is 7.24. The monoisotopic (exact) mass is 334 g/mol. The predicted octanol–water partition coefficient (Wildman–Crippen LogP) is -1.02. The van der Waals surface area contributed by atoms with Gasteiger partial charge in [-0.3, -0.25) is 19.2 Å². The molecule has 2 rings (SSSR count). The lowest BCUT2D eigenvalue weighted by atomic mass is 10.2. The molecule has 1 aromatic rings. The first-order chi connectivity index (χ1) is 11.4. The quantitative estimate of drug-likeness (QED) is 0.593. The fraction of sp³-hybridized carbons (Fsp3) is 0.333. The number of carbonyl (C=O) groups is 4. The Bertz CT molecular complexity index is 658. The highest BCUT2D eigenvalue weighted by Crippen LogP contribution is 2.19. The van der Waals surface area contributed by atoms with Gasteiger partial charge < -0.3 is 26.0 Å². The minimum atomic E-state index is -1.46. The van der Waals surface area contributed by atoms with Gasteiger partial charge in [-0.15, -0.1) is 0 Å². The van der Waals surface area contributed by atoms with Gasteiger partial charge in [0, 0.05) is 24.8 Å². The van der Waals surface area contributed by atoms with E-state index < -0.39 is 23.8 Å². The number of rotatable bonds is 5. The van der Waals surface area contributed by atoms with Crippen LogP contribution in [0.15, 0.2) is 24.3 Å². The Morgan fingerprint density at radius 2 is 1.92 bits per heavy atom. The molecule has 4 N–H and O–H groups in total. The maximum absolute atomic E-state index is 12.0. The number of amides is 4. The standard InChI is InChI=1S/C15H18N4O5/c1-9(20)17-13(14(16)22)15(23)18-10-2-4-11(5-3-10)19-6-7-24-8-12(19)21/h2-5,13H,6-8H2,1H3,(H2,16,22)(H,17,20)(H,18,23)/t13-/m1/s1. The molecule has 9 nitrogen and oxygen atoms in total. The summed E-state index contributed by atoms with van der Waals surface area (Å²) < 4.78 is 5.06. The molecule has 1 atom stereocenters. The normalized spacial score (nSPS) is 15.5. The van der Waals surface area contributed by atoms with Gasteiger partial charge in [-0.1, -0.05) is 0 Å². The number of nitrogens with two attached hydrogens (primary N) is 1.